The van der Waals surface area contributed by atoms with E-state index < -0.39 is 0 Å². The predicted molar refractivity (Wildman–Crippen MR) is 74.7 cm³/mol. The van der Waals surface area contributed by atoms with E-state index in [2.05, 4.69) is 18.0 Å². The van der Waals surface area contributed by atoms with Gasteiger partial charge in [0.25, 0.3) is 0 Å². The smallest absolute Gasteiger partial charge is 0.165 e. The van der Waals surface area contributed by atoms with Gasteiger partial charge in [-0.15, -0.1) is 0 Å². The van der Waals surface area contributed by atoms with E-state index in [-0.39, 0.29) is 6.10 Å². The summed E-state index contributed by atoms with van der Waals surface area (Å²) in [4.78, 5) is 2.19. The summed E-state index contributed by atoms with van der Waals surface area (Å²) in [5.41, 5.74) is 1.15. The van der Waals surface area contributed by atoms with Crippen LogP contribution in [-0.4, -0.2) is 42.9 Å². The van der Waals surface area contributed by atoms with E-state index in [1.54, 1.807) is 0 Å². The molecule has 1 unspecified atom stereocenters. The monoisotopic (exact) mass is 265 g/mol. The number of ether oxygens (including phenoxy) is 2. The van der Waals surface area contributed by atoms with Crippen LogP contribution in [0.4, 0.5) is 0 Å². The minimum Gasteiger partial charge on any atom is -0.490 e. The fraction of sp³-hybridized carbons (Fsp3) is 0.600. The van der Waals surface area contributed by atoms with Crippen molar-refractivity contribution in [2.75, 3.05) is 26.8 Å². The molecule has 106 valence electrons. The number of benzene rings is 1. The molecule has 1 N–H and O–H groups in total. The van der Waals surface area contributed by atoms with Gasteiger partial charge in [0, 0.05) is 25.1 Å². The Labute approximate surface area is 114 Å². The van der Waals surface area contributed by atoms with Crippen molar-refractivity contribution >= 4 is 0 Å². The van der Waals surface area contributed by atoms with Crippen LogP contribution >= 0.6 is 0 Å². The van der Waals surface area contributed by atoms with Gasteiger partial charge in [0.15, 0.2) is 11.5 Å². The van der Waals surface area contributed by atoms with Crippen molar-refractivity contribution in [1.29, 1.82) is 0 Å². The number of aliphatic hydroxyl groups excluding tert-OH is 1. The quantitative estimate of drug-likeness (QED) is 0.885. The molecule has 1 aromatic carbocycles. The average Bonchev–Trinajstić information content (AvgIpc) is 2.62. The molecule has 0 aromatic heterocycles. The molecule has 0 bridgehead atoms. The van der Waals surface area contributed by atoms with Gasteiger partial charge in [-0.2, -0.15) is 0 Å². The zero-order valence-corrected chi connectivity index (χ0v) is 11.8. The molecule has 0 saturated carbocycles. The molecule has 0 saturated heterocycles. The molecule has 1 heterocycles. The van der Waals surface area contributed by atoms with Crippen LogP contribution in [0.1, 0.15) is 25.3 Å². The Morgan fingerprint density at radius 1 is 1.32 bits per heavy atom. The van der Waals surface area contributed by atoms with E-state index >= 15 is 0 Å². The minimum atomic E-state index is -0.255. The van der Waals surface area contributed by atoms with Crippen molar-refractivity contribution in [3.8, 4) is 11.5 Å². The number of aliphatic hydroxyl groups is 1. The highest BCUT2D eigenvalue weighted by Crippen LogP contribution is 2.33. The molecule has 0 radical (unpaired) electrons. The van der Waals surface area contributed by atoms with E-state index in [4.69, 9.17) is 9.47 Å². The molecule has 0 amide bonds. The number of hydrogen-bond acceptors (Lipinski definition) is 4. The summed E-state index contributed by atoms with van der Waals surface area (Å²) in [6.45, 7) is 4.91. The Morgan fingerprint density at radius 2 is 2.11 bits per heavy atom. The maximum absolute atomic E-state index is 9.33. The molecule has 4 nitrogen and oxygen atoms in total. The van der Waals surface area contributed by atoms with Gasteiger partial charge in [-0.05, 0) is 26.5 Å². The summed E-state index contributed by atoms with van der Waals surface area (Å²) in [6, 6.07) is 6.04. The molecule has 0 spiro atoms. The highest BCUT2D eigenvalue weighted by Gasteiger charge is 2.15. The standard InChI is InChI=1S/C15H23NO3/c1-12(17)7-8-16(2)11-13-5-3-6-14-15(13)19-10-4-9-18-14/h3,5-6,12,17H,4,7-11H2,1-2H3. The van der Waals surface area contributed by atoms with Crippen LogP contribution in [0, 0.1) is 0 Å². The second-order valence-corrected chi connectivity index (χ2v) is 5.17. The van der Waals surface area contributed by atoms with Crippen molar-refractivity contribution < 1.29 is 14.6 Å². The van der Waals surface area contributed by atoms with Crippen molar-refractivity contribution in [3.05, 3.63) is 23.8 Å². The van der Waals surface area contributed by atoms with Crippen molar-refractivity contribution in [3.63, 3.8) is 0 Å². The maximum atomic E-state index is 9.33. The van der Waals surface area contributed by atoms with E-state index in [1.807, 2.05) is 19.1 Å². The summed E-state index contributed by atoms with van der Waals surface area (Å²) in [6.07, 6.45) is 1.45. The Hall–Kier alpha value is -1.26. The van der Waals surface area contributed by atoms with Crippen molar-refractivity contribution in [2.24, 2.45) is 0 Å². The SMILES string of the molecule is CC(O)CCN(C)Cc1cccc2c1OCCCO2. The predicted octanol–water partition coefficient (Wildman–Crippen LogP) is 2.05. The van der Waals surface area contributed by atoms with Crippen LogP contribution in [-0.2, 0) is 6.54 Å². The number of rotatable bonds is 5. The Morgan fingerprint density at radius 3 is 2.89 bits per heavy atom. The van der Waals surface area contributed by atoms with Gasteiger partial charge in [-0.3, -0.25) is 0 Å². The fourth-order valence-corrected chi connectivity index (χ4v) is 2.16. The van der Waals surface area contributed by atoms with Crippen molar-refractivity contribution in [1.82, 2.24) is 4.90 Å². The number of nitrogens with zero attached hydrogens (tertiary/aromatic N) is 1. The van der Waals surface area contributed by atoms with E-state index in [1.165, 1.54) is 0 Å². The highest BCUT2D eigenvalue weighted by atomic mass is 16.5. The van der Waals surface area contributed by atoms with Crippen LogP contribution in [0.3, 0.4) is 0 Å². The first kappa shape index (κ1) is 14.2. The minimum absolute atomic E-state index is 0.255. The molecule has 0 fully saturated rings. The van der Waals surface area contributed by atoms with Gasteiger partial charge in [-0.1, -0.05) is 12.1 Å². The molecule has 1 aromatic rings. The molecular weight excluding hydrogens is 242 g/mol. The van der Waals surface area contributed by atoms with Crippen LogP contribution in [0.5, 0.6) is 11.5 Å². The topological polar surface area (TPSA) is 41.9 Å². The molecule has 1 aliphatic heterocycles. The lowest BCUT2D eigenvalue weighted by atomic mass is 10.1. The lowest BCUT2D eigenvalue weighted by Crippen LogP contribution is -2.22. The summed E-state index contributed by atoms with van der Waals surface area (Å²) in [7, 11) is 2.05. The van der Waals surface area contributed by atoms with Gasteiger partial charge in [0.2, 0.25) is 0 Å². The van der Waals surface area contributed by atoms with Crippen LogP contribution in [0.25, 0.3) is 0 Å². The first-order valence-electron chi connectivity index (χ1n) is 6.91. The van der Waals surface area contributed by atoms with Gasteiger partial charge in [0.1, 0.15) is 0 Å². The van der Waals surface area contributed by atoms with Gasteiger partial charge in [0.05, 0.1) is 19.3 Å². The zero-order valence-electron chi connectivity index (χ0n) is 11.8. The number of hydrogen-bond donors (Lipinski definition) is 1. The van der Waals surface area contributed by atoms with Crippen LogP contribution in [0.15, 0.2) is 18.2 Å². The number of para-hydroxylation sites is 1. The van der Waals surface area contributed by atoms with Gasteiger partial charge >= 0.3 is 0 Å². The Kier molecular flexibility index (Phi) is 5.05. The second kappa shape index (κ2) is 6.78. The molecule has 1 atom stereocenters. The van der Waals surface area contributed by atoms with E-state index in [9.17, 15) is 5.11 Å². The first-order chi connectivity index (χ1) is 9.16. The third-order valence-corrected chi connectivity index (χ3v) is 3.22. The largest absolute Gasteiger partial charge is 0.490 e. The first-order valence-corrected chi connectivity index (χ1v) is 6.91. The van der Waals surface area contributed by atoms with E-state index in [0.29, 0.717) is 13.2 Å². The van der Waals surface area contributed by atoms with Crippen molar-refractivity contribution in [2.45, 2.75) is 32.4 Å². The third kappa shape index (κ3) is 4.11. The normalized spacial score (nSPS) is 16.2. The third-order valence-electron chi connectivity index (χ3n) is 3.22. The molecule has 1 aliphatic rings. The number of fused-ring (bicyclic) bond motifs is 1. The highest BCUT2D eigenvalue weighted by molar-refractivity contribution is 5.47. The van der Waals surface area contributed by atoms with Crippen LogP contribution < -0.4 is 9.47 Å². The Balaban J connectivity index is 2.03. The molecular formula is C15H23NO3. The summed E-state index contributed by atoms with van der Waals surface area (Å²) in [5.74, 6) is 1.72. The van der Waals surface area contributed by atoms with Crippen LogP contribution in [0.2, 0.25) is 0 Å². The fourth-order valence-electron chi connectivity index (χ4n) is 2.16. The lowest BCUT2D eigenvalue weighted by molar-refractivity contribution is 0.162. The van der Waals surface area contributed by atoms with E-state index in [0.717, 1.165) is 43.0 Å². The zero-order chi connectivity index (χ0) is 13.7. The second-order valence-electron chi connectivity index (χ2n) is 5.17. The molecule has 2 rings (SSSR count). The average molecular weight is 265 g/mol. The Bertz CT molecular complexity index is 406. The lowest BCUT2D eigenvalue weighted by Gasteiger charge is -2.20. The maximum Gasteiger partial charge on any atom is 0.165 e. The summed E-state index contributed by atoms with van der Waals surface area (Å²) < 4.78 is 11.5. The molecule has 4 heteroatoms. The molecule has 0 aliphatic carbocycles. The van der Waals surface area contributed by atoms with Gasteiger partial charge < -0.3 is 19.5 Å². The summed E-state index contributed by atoms with van der Waals surface area (Å²) in [5, 5.41) is 9.33. The molecule has 19 heavy (non-hydrogen) atoms. The van der Waals surface area contributed by atoms with Gasteiger partial charge in [-0.25, -0.2) is 0 Å². The summed E-state index contributed by atoms with van der Waals surface area (Å²) >= 11 is 0.